The van der Waals surface area contributed by atoms with Gasteiger partial charge in [0.25, 0.3) is 11.6 Å². The second-order valence-electron chi connectivity index (χ2n) is 5.31. The molecule has 6 nitrogen and oxygen atoms in total. The summed E-state index contributed by atoms with van der Waals surface area (Å²) >= 11 is 5.75. The minimum absolute atomic E-state index is 0.00177. The fourth-order valence-corrected chi connectivity index (χ4v) is 2.23. The monoisotopic (exact) mass is 348 g/mol. The lowest BCUT2D eigenvalue weighted by Crippen LogP contribution is -2.30. The minimum Gasteiger partial charge on any atom is -0.492 e. The summed E-state index contributed by atoms with van der Waals surface area (Å²) in [7, 11) is 1.61. The molecule has 2 aromatic rings. The highest BCUT2D eigenvalue weighted by Gasteiger charge is 2.18. The van der Waals surface area contributed by atoms with E-state index in [1.807, 2.05) is 31.2 Å². The van der Waals surface area contributed by atoms with Gasteiger partial charge in [-0.3, -0.25) is 14.9 Å². The van der Waals surface area contributed by atoms with E-state index in [4.69, 9.17) is 16.3 Å². The van der Waals surface area contributed by atoms with E-state index >= 15 is 0 Å². The molecule has 0 N–H and O–H groups in total. The Balaban J connectivity index is 1.95. The fourth-order valence-electron chi connectivity index (χ4n) is 2.04. The summed E-state index contributed by atoms with van der Waals surface area (Å²) < 4.78 is 5.58. The van der Waals surface area contributed by atoms with Crippen molar-refractivity contribution in [1.82, 2.24) is 4.90 Å². The Morgan fingerprint density at radius 3 is 2.54 bits per heavy atom. The molecule has 0 aromatic heterocycles. The van der Waals surface area contributed by atoms with Crippen LogP contribution in [0.1, 0.15) is 15.9 Å². The Kier molecular flexibility index (Phi) is 5.76. The molecule has 0 atom stereocenters. The van der Waals surface area contributed by atoms with E-state index in [2.05, 4.69) is 0 Å². The fraction of sp³-hybridized carbons (Fsp3) is 0.235. The molecule has 24 heavy (non-hydrogen) atoms. The van der Waals surface area contributed by atoms with Crippen molar-refractivity contribution in [2.45, 2.75) is 6.92 Å². The van der Waals surface area contributed by atoms with Crippen LogP contribution in [0.5, 0.6) is 5.75 Å². The van der Waals surface area contributed by atoms with Gasteiger partial charge in [-0.15, -0.1) is 0 Å². The van der Waals surface area contributed by atoms with E-state index in [0.717, 1.165) is 11.3 Å². The zero-order valence-corrected chi connectivity index (χ0v) is 14.1. The molecule has 0 radical (unpaired) electrons. The number of likely N-dealkylation sites (N-methyl/N-ethyl adjacent to an activating group) is 1. The van der Waals surface area contributed by atoms with E-state index < -0.39 is 4.92 Å². The number of nitro benzene ring substituents is 1. The summed E-state index contributed by atoms with van der Waals surface area (Å²) in [5.41, 5.74) is 1.06. The van der Waals surface area contributed by atoms with Gasteiger partial charge in [0, 0.05) is 18.7 Å². The number of rotatable bonds is 6. The standard InChI is InChI=1S/C17H17ClN2O4/c1-12-3-6-14(7-4-12)24-10-9-19(2)17(21)13-5-8-15(18)16(11-13)20(22)23/h3-8,11H,9-10H2,1-2H3. The molecule has 0 spiro atoms. The maximum atomic E-state index is 12.3. The van der Waals surface area contributed by atoms with Crippen LogP contribution in [0.4, 0.5) is 5.69 Å². The van der Waals surface area contributed by atoms with Gasteiger partial charge in [-0.2, -0.15) is 0 Å². The van der Waals surface area contributed by atoms with Gasteiger partial charge in [-0.25, -0.2) is 0 Å². The third-order valence-electron chi connectivity index (χ3n) is 3.45. The van der Waals surface area contributed by atoms with Crippen molar-refractivity contribution in [3.63, 3.8) is 0 Å². The van der Waals surface area contributed by atoms with Crippen LogP contribution in [-0.2, 0) is 0 Å². The third-order valence-corrected chi connectivity index (χ3v) is 3.77. The Bertz CT molecular complexity index is 747. The number of halogens is 1. The average Bonchev–Trinajstić information content (AvgIpc) is 2.56. The zero-order valence-electron chi connectivity index (χ0n) is 13.4. The second-order valence-corrected chi connectivity index (χ2v) is 5.72. The molecule has 0 aliphatic carbocycles. The lowest BCUT2D eigenvalue weighted by molar-refractivity contribution is -0.384. The number of ether oxygens (including phenoxy) is 1. The van der Waals surface area contributed by atoms with Gasteiger partial charge in [0.2, 0.25) is 0 Å². The Morgan fingerprint density at radius 1 is 1.25 bits per heavy atom. The van der Waals surface area contributed by atoms with Crippen molar-refractivity contribution >= 4 is 23.2 Å². The number of carbonyl (C=O) groups excluding carboxylic acids is 1. The molecule has 2 rings (SSSR count). The maximum Gasteiger partial charge on any atom is 0.288 e. The van der Waals surface area contributed by atoms with Crippen molar-refractivity contribution < 1.29 is 14.5 Å². The number of nitrogens with zero attached hydrogens (tertiary/aromatic N) is 2. The van der Waals surface area contributed by atoms with Gasteiger partial charge >= 0.3 is 0 Å². The number of carbonyl (C=O) groups is 1. The Labute approximate surface area is 144 Å². The van der Waals surface area contributed by atoms with Crippen LogP contribution >= 0.6 is 11.6 Å². The van der Waals surface area contributed by atoms with E-state index in [1.54, 1.807) is 7.05 Å². The topological polar surface area (TPSA) is 72.7 Å². The summed E-state index contributed by atoms with van der Waals surface area (Å²) in [5, 5.41) is 10.9. The van der Waals surface area contributed by atoms with E-state index in [9.17, 15) is 14.9 Å². The number of aryl methyl sites for hydroxylation is 1. The second kappa shape index (κ2) is 7.79. The number of hydrogen-bond donors (Lipinski definition) is 0. The van der Waals surface area contributed by atoms with Crippen LogP contribution < -0.4 is 4.74 Å². The lowest BCUT2D eigenvalue weighted by Gasteiger charge is -2.17. The SMILES string of the molecule is Cc1ccc(OCCN(C)C(=O)c2ccc(Cl)c([N+](=O)[O-])c2)cc1. The van der Waals surface area contributed by atoms with Crippen LogP contribution in [0.15, 0.2) is 42.5 Å². The predicted octanol–water partition coefficient (Wildman–Crippen LogP) is 3.71. The number of amides is 1. The van der Waals surface area contributed by atoms with E-state index in [1.165, 1.54) is 23.1 Å². The third kappa shape index (κ3) is 4.45. The minimum atomic E-state index is -0.611. The smallest absolute Gasteiger partial charge is 0.288 e. The molecular formula is C17H17ClN2O4. The number of hydrogen-bond acceptors (Lipinski definition) is 4. The normalized spacial score (nSPS) is 10.3. The summed E-state index contributed by atoms with van der Waals surface area (Å²) in [6, 6.07) is 11.6. The summed E-state index contributed by atoms with van der Waals surface area (Å²) in [6.07, 6.45) is 0. The van der Waals surface area contributed by atoms with Crippen LogP contribution in [-0.4, -0.2) is 35.9 Å². The predicted molar refractivity (Wildman–Crippen MR) is 91.7 cm³/mol. The van der Waals surface area contributed by atoms with Gasteiger partial charge in [-0.05, 0) is 31.2 Å². The van der Waals surface area contributed by atoms with Crippen molar-refractivity contribution in [2.75, 3.05) is 20.2 Å². The van der Waals surface area contributed by atoms with E-state index in [0.29, 0.717) is 13.2 Å². The van der Waals surface area contributed by atoms with Crippen molar-refractivity contribution in [2.24, 2.45) is 0 Å². The zero-order chi connectivity index (χ0) is 17.7. The molecule has 0 saturated carbocycles. The molecule has 0 aliphatic heterocycles. The van der Waals surface area contributed by atoms with Gasteiger partial charge in [0.05, 0.1) is 11.5 Å². The van der Waals surface area contributed by atoms with Crippen LogP contribution in [0.25, 0.3) is 0 Å². The Hall–Kier alpha value is -2.60. The van der Waals surface area contributed by atoms with Gasteiger partial charge in [-0.1, -0.05) is 29.3 Å². The molecule has 0 fully saturated rings. The first-order chi connectivity index (χ1) is 11.4. The van der Waals surface area contributed by atoms with Gasteiger partial charge in [0.1, 0.15) is 17.4 Å². The summed E-state index contributed by atoms with van der Waals surface area (Å²) in [5.74, 6) is 0.394. The highest BCUT2D eigenvalue weighted by molar-refractivity contribution is 6.32. The van der Waals surface area contributed by atoms with Gasteiger partial charge < -0.3 is 9.64 Å². The molecule has 0 unspecified atom stereocenters. The van der Waals surface area contributed by atoms with Crippen molar-refractivity contribution in [3.8, 4) is 5.75 Å². The largest absolute Gasteiger partial charge is 0.492 e. The first-order valence-corrected chi connectivity index (χ1v) is 7.65. The van der Waals surface area contributed by atoms with Crippen LogP contribution in [0.2, 0.25) is 5.02 Å². The first-order valence-electron chi connectivity index (χ1n) is 7.27. The molecule has 0 heterocycles. The molecule has 7 heteroatoms. The van der Waals surface area contributed by atoms with Crippen molar-refractivity contribution in [3.05, 3.63) is 68.7 Å². The van der Waals surface area contributed by atoms with E-state index in [-0.39, 0.29) is 22.2 Å². The summed E-state index contributed by atoms with van der Waals surface area (Å²) in [4.78, 5) is 24.1. The quantitative estimate of drug-likeness (QED) is 0.589. The molecule has 0 saturated heterocycles. The highest BCUT2D eigenvalue weighted by atomic mass is 35.5. The summed E-state index contributed by atoms with van der Waals surface area (Å²) in [6.45, 7) is 2.66. The van der Waals surface area contributed by atoms with Crippen LogP contribution in [0, 0.1) is 17.0 Å². The molecule has 0 bridgehead atoms. The lowest BCUT2D eigenvalue weighted by atomic mass is 10.2. The molecular weight excluding hydrogens is 332 g/mol. The molecule has 2 aromatic carbocycles. The number of nitro groups is 1. The maximum absolute atomic E-state index is 12.3. The average molecular weight is 349 g/mol. The molecule has 126 valence electrons. The molecule has 0 aliphatic rings. The van der Waals surface area contributed by atoms with Gasteiger partial charge in [0.15, 0.2) is 0 Å². The molecule has 1 amide bonds. The number of benzene rings is 2. The first kappa shape index (κ1) is 17.7. The van der Waals surface area contributed by atoms with Crippen LogP contribution in [0.3, 0.4) is 0 Å². The van der Waals surface area contributed by atoms with Crippen molar-refractivity contribution in [1.29, 1.82) is 0 Å². The Morgan fingerprint density at radius 2 is 1.92 bits per heavy atom. The highest BCUT2D eigenvalue weighted by Crippen LogP contribution is 2.25.